The topological polar surface area (TPSA) is 69.7 Å². The average Bonchev–Trinajstić information content (AvgIpc) is 2.68. The van der Waals surface area contributed by atoms with E-state index in [1.807, 2.05) is 25.1 Å². The molecule has 28 heavy (non-hydrogen) atoms. The van der Waals surface area contributed by atoms with E-state index in [1.54, 1.807) is 18.2 Å². The molecular formula is C20H24BrN3O3S. The van der Waals surface area contributed by atoms with Gasteiger partial charge in [-0.1, -0.05) is 34.1 Å². The largest absolute Gasteiger partial charge is 0.369 e. The standard InChI is InChI=1S/C20H24BrN3O3S/c1-16-4-2-7-19(14-16)23-9-11-24(12-10-23)28(26,27)13-8-22-20(25)17-5-3-6-18(21)15-17/h2-7,14-15H,8-13H2,1H3,(H,22,25). The molecule has 0 aliphatic carbocycles. The van der Waals surface area contributed by atoms with Gasteiger partial charge in [-0.15, -0.1) is 0 Å². The first-order chi connectivity index (χ1) is 13.3. The van der Waals surface area contributed by atoms with Gasteiger partial charge in [-0.05, 0) is 42.8 Å². The Kier molecular flexibility index (Phi) is 6.74. The number of hydrogen-bond acceptors (Lipinski definition) is 4. The van der Waals surface area contributed by atoms with Crippen molar-refractivity contribution in [2.24, 2.45) is 0 Å². The minimum atomic E-state index is -3.40. The van der Waals surface area contributed by atoms with Gasteiger partial charge in [0.25, 0.3) is 5.91 Å². The molecule has 1 amide bonds. The third-order valence-corrected chi connectivity index (χ3v) is 7.10. The smallest absolute Gasteiger partial charge is 0.251 e. The lowest BCUT2D eigenvalue weighted by Gasteiger charge is -2.35. The predicted molar refractivity (Wildman–Crippen MR) is 115 cm³/mol. The Morgan fingerprint density at radius 3 is 2.46 bits per heavy atom. The Morgan fingerprint density at radius 1 is 1.07 bits per heavy atom. The molecule has 0 unspecified atom stereocenters. The number of aryl methyl sites for hydroxylation is 1. The summed E-state index contributed by atoms with van der Waals surface area (Å²) in [4.78, 5) is 14.3. The zero-order valence-electron chi connectivity index (χ0n) is 15.8. The van der Waals surface area contributed by atoms with Crippen molar-refractivity contribution in [2.45, 2.75) is 6.92 Å². The normalized spacial score (nSPS) is 15.4. The number of sulfonamides is 1. The number of anilines is 1. The summed E-state index contributed by atoms with van der Waals surface area (Å²) in [6, 6.07) is 15.2. The van der Waals surface area contributed by atoms with Crippen LogP contribution in [0.5, 0.6) is 0 Å². The van der Waals surface area contributed by atoms with Crippen LogP contribution in [0.4, 0.5) is 5.69 Å². The van der Waals surface area contributed by atoms with Gasteiger partial charge < -0.3 is 10.2 Å². The fourth-order valence-corrected chi connectivity index (χ4v) is 4.94. The second-order valence-corrected chi connectivity index (χ2v) is 9.81. The van der Waals surface area contributed by atoms with Crippen LogP contribution in [0.2, 0.25) is 0 Å². The van der Waals surface area contributed by atoms with Crippen LogP contribution in [0.15, 0.2) is 53.0 Å². The molecule has 3 rings (SSSR count). The maximum Gasteiger partial charge on any atom is 0.251 e. The molecule has 1 fully saturated rings. The molecule has 0 saturated carbocycles. The molecule has 1 aliphatic rings. The Bertz CT molecular complexity index is 941. The SMILES string of the molecule is Cc1cccc(N2CCN(S(=O)(=O)CCNC(=O)c3cccc(Br)c3)CC2)c1. The second kappa shape index (κ2) is 9.07. The van der Waals surface area contributed by atoms with Crippen LogP contribution < -0.4 is 10.2 Å². The van der Waals surface area contributed by atoms with E-state index in [2.05, 4.69) is 38.3 Å². The van der Waals surface area contributed by atoms with Crippen LogP contribution in [0.1, 0.15) is 15.9 Å². The molecule has 1 saturated heterocycles. The van der Waals surface area contributed by atoms with E-state index in [-0.39, 0.29) is 18.2 Å². The van der Waals surface area contributed by atoms with Gasteiger partial charge in [-0.2, -0.15) is 4.31 Å². The van der Waals surface area contributed by atoms with Crippen molar-refractivity contribution < 1.29 is 13.2 Å². The Labute approximate surface area is 174 Å². The summed E-state index contributed by atoms with van der Waals surface area (Å²) in [5.74, 6) is -0.377. The van der Waals surface area contributed by atoms with Crippen LogP contribution in [0, 0.1) is 6.92 Å². The molecule has 2 aromatic carbocycles. The van der Waals surface area contributed by atoms with E-state index in [9.17, 15) is 13.2 Å². The van der Waals surface area contributed by atoms with Crippen LogP contribution >= 0.6 is 15.9 Å². The predicted octanol–water partition coefficient (Wildman–Crippen LogP) is 2.64. The quantitative estimate of drug-likeness (QED) is 0.711. The Balaban J connectivity index is 1.49. The molecule has 0 bridgehead atoms. The molecule has 0 aromatic heterocycles. The van der Waals surface area contributed by atoms with Gasteiger partial charge in [0.1, 0.15) is 0 Å². The minimum Gasteiger partial charge on any atom is -0.369 e. The summed E-state index contributed by atoms with van der Waals surface area (Å²) in [6.07, 6.45) is 0. The van der Waals surface area contributed by atoms with E-state index >= 15 is 0 Å². The first-order valence-electron chi connectivity index (χ1n) is 9.18. The number of nitrogens with zero attached hydrogens (tertiary/aromatic N) is 2. The van der Waals surface area contributed by atoms with Crippen molar-refractivity contribution >= 4 is 37.5 Å². The zero-order chi connectivity index (χ0) is 20.1. The number of piperazine rings is 1. The van der Waals surface area contributed by atoms with Crippen LogP contribution in [0.25, 0.3) is 0 Å². The fourth-order valence-electron chi connectivity index (χ4n) is 3.20. The monoisotopic (exact) mass is 465 g/mol. The van der Waals surface area contributed by atoms with E-state index < -0.39 is 10.0 Å². The average molecular weight is 466 g/mol. The maximum atomic E-state index is 12.6. The van der Waals surface area contributed by atoms with Gasteiger partial charge in [0.05, 0.1) is 5.75 Å². The van der Waals surface area contributed by atoms with E-state index in [1.165, 1.54) is 9.87 Å². The highest BCUT2D eigenvalue weighted by molar-refractivity contribution is 9.10. The first kappa shape index (κ1) is 20.8. The van der Waals surface area contributed by atoms with Crippen LogP contribution in [-0.4, -0.2) is 57.1 Å². The zero-order valence-corrected chi connectivity index (χ0v) is 18.2. The summed E-state index contributed by atoms with van der Waals surface area (Å²) >= 11 is 3.32. The number of carbonyl (C=O) groups excluding carboxylic acids is 1. The molecule has 150 valence electrons. The Hall–Kier alpha value is -1.90. The molecule has 0 radical (unpaired) electrons. The summed E-state index contributed by atoms with van der Waals surface area (Å²) in [7, 11) is -3.40. The highest BCUT2D eigenvalue weighted by atomic mass is 79.9. The molecule has 1 heterocycles. The molecular weight excluding hydrogens is 442 g/mol. The first-order valence-corrected chi connectivity index (χ1v) is 11.6. The summed E-state index contributed by atoms with van der Waals surface area (Å²) in [5, 5.41) is 2.69. The van der Waals surface area contributed by atoms with Crippen molar-refractivity contribution in [3.05, 3.63) is 64.1 Å². The molecule has 6 nitrogen and oxygen atoms in total. The van der Waals surface area contributed by atoms with Crippen molar-refractivity contribution in [1.82, 2.24) is 9.62 Å². The Morgan fingerprint density at radius 2 is 1.79 bits per heavy atom. The highest BCUT2D eigenvalue weighted by Crippen LogP contribution is 2.19. The second-order valence-electron chi connectivity index (χ2n) is 6.81. The van der Waals surface area contributed by atoms with E-state index in [0.717, 1.165) is 10.2 Å². The summed E-state index contributed by atoms with van der Waals surface area (Å²) in [5.41, 5.74) is 2.81. The van der Waals surface area contributed by atoms with Crippen LogP contribution in [-0.2, 0) is 10.0 Å². The molecule has 8 heteroatoms. The van der Waals surface area contributed by atoms with Gasteiger partial charge in [0, 0.05) is 48.4 Å². The highest BCUT2D eigenvalue weighted by Gasteiger charge is 2.27. The number of carbonyl (C=O) groups is 1. The summed E-state index contributed by atoms with van der Waals surface area (Å²) < 4.78 is 27.5. The third kappa shape index (κ3) is 5.33. The van der Waals surface area contributed by atoms with Gasteiger partial charge in [0.2, 0.25) is 10.0 Å². The number of amides is 1. The molecule has 2 aromatic rings. The van der Waals surface area contributed by atoms with Gasteiger partial charge >= 0.3 is 0 Å². The number of rotatable bonds is 6. The third-order valence-electron chi connectivity index (χ3n) is 4.73. The minimum absolute atomic E-state index is 0.0891. The van der Waals surface area contributed by atoms with Crippen LogP contribution in [0.3, 0.4) is 0 Å². The fraction of sp³-hybridized carbons (Fsp3) is 0.350. The maximum absolute atomic E-state index is 12.6. The van der Waals surface area contributed by atoms with Crippen molar-refractivity contribution in [3.8, 4) is 0 Å². The number of benzene rings is 2. The molecule has 0 spiro atoms. The number of hydrogen-bond donors (Lipinski definition) is 1. The van der Waals surface area contributed by atoms with E-state index in [0.29, 0.717) is 31.7 Å². The van der Waals surface area contributed by atoms with Gasteiger partial charge in [0.15, 0.2) is 0 Å². The van der Waals surface area contributed by atoms with Gasteiger partial charge in [-0.25, -0.2) is 8.42 Å². The number of nitrogens with one attached hydrogen (secondary N) is 1. The van der Waals surface area contributed by atoms with Gasteiger partial charge in [-0.3, -0.25) is 4.79 Å². The van der Waals surface area contributed by atoms with Crippen molar-refractivity contribution in [3.63, 3.8) is 0 Å². The lowest BCUT2D eigenvalue weighted by Crippen LogP contribution is -2.50. The van der Waals surface area contributed by atoms with E-state index in [4.69, 9.17) is 0 Å². The molecule has 1 aliphatic heterocycles. The lowest BCUT2D eigenvalue weighted by molar-refractivity contribution is 0.0956. The van der Waals surface area contributed by atoms with Crippen molar-refractivity contribution in [2.75, 3.05) is 43.4 Å². The van der Waals surface area contributed by atoms with Crippen molar-refractivity contribution in [1.29, 1.82) is 0 Å². The lowest BCUT2D eigenvalue weighted by atomic mass is 10.2. The molecule has 0 atom stereocenters. The molecule has 1 N–H and O–H groups in total. The summed E-state index contributed by atoms with van der Waals surface area (Å²) in [6.45, 7) is 4.37. The number of halogens is 1.